The van der Waals surface area contributed by atoms with Crippen LogP contribution in [-0.2, 0) is 11.3 Å². The van der Waals surface area contributed by atoms with Crippen LogP contribution in [0.4, 0.5) is 8.78 Å². The van der Waals surface area contributed by atoms with Crippen LogP contribution >= 0.6 is 0 Å². The van der Waals surface area contributed by atoms with Gasteiger partial charge in [0.1, 0.15) is 11.6 Å². The van der Waals surface area contributed by atoms with Crippen molar-refractivity contribution in [3.63, 3.8) is 0 Å². The van der Waals surface area contributed by atoms with E-state index in [1.165, 1.54) is 12.1 Å². The standard InChI is InChI=1S/C12H14F2N2O2/c13-8-1-7(2-9(14)3-8)5-16-12(18)11-4-10(17)6-15-11/h1-3,10-11,15,17H,4-6H2,(H,16,18). The molecule has 0 spiro atoms. The molecule has 1 aromatic rings. The van der Waals surface area contributed by atoms with E-state index < -0.39 is 23.8 Å². The highest BCUT2D eigenvalue weighted by Gasteiger charge is 2.27. The Morgan fingerprint density at radius 3 is 2.61 bits per heavy atom. The molecule has 0 aromatic heterocycles. The van der Waals surface area contributed by atoms with Gasteiger partial charge in [-0.1, -0.05) is 0 Å². The summed E-state index contributed by atoms with van der Waals surface area (Å²) in [6.45, 7) is 0.439. The highest BCUT2D eigenvalue weighted by molar-refractivity contribution is 5.82. The van der Waals surface area contributed by atoms with Crippen molar-refractivity contribution < 1.29 is 18.7 Å². The lowest BCUT2D eigenvalue weighted by Gasteiger charge is -2.11. The number of β-amino-alcohol motifs (C(OH)–C–C–N with tert-alkyl or cyclic N) is 1. The summed E-state index contributed by atoms with van der Waals surface area (Å²) in [6.07, 6.45) is -0.170. The van der Waals surface area contributed by atoms with Crippen molar-refractivity contribution in [3.05, 3.63) is 35.4 Å². The van der Waals surface area contributed by atoms with Gasteiger partial charge in [-0.05, 0) is 24.1 Å². The Kier molecular flexibility index (Phi) is 3.88. The fraction of sp³-hybridized carbons (Fsp3) is 0.417. The molecule has 98 valence electrons. The number of hydrogen-bond donors (Lipinski definition) is 3. The first-order chi connectivity index (χ1) is 8.54. The molecule has 2 rings (SSSR count). The summed E-state index contributed by atoms with van der Waals surface area (Å²) in [4.78, 5) is 11.7. The number of aliphatic hydroxyl groups excluding tert-OH is 1. The van der Waals surface area contributed by atoms with E-state index in [-0.39, 0.29) is 12.5 Å². The first kappa shape index (κ1) is 12.9. The molecule has 0 radical (unpaired) electrons. The van der Waals surface area contributed by atoms with Gasteiger partial charge < -0.3 is 15.7 Å². The van der Waals surface area contributed by atoms with Gasteiger partial charge in [0.25, 0.3) is 0 Å². The fourth-order valence-electron chi connectivity index (χ4n) is 1.94. The van der Waals surface area contributed by atoms with Gasteiger partial charge in [-0.3, -0.25) is 4.79 Å². The summed E-state index contributed by atoms with van der Waals surface area (Å²) in [6, 6.07) is 2.67. The Balaban J connectivity index is 1.89. The molecule has 18 heavy (non-hydrogen) atoms. The first-order valence-corrected chi connectivity index (χ1v) is 5.69. The minimum Gasteiger partial charge on any atom is -0.392 e. The van der Waals surface area contributed by atoms with Gasteiger partial charge in [0.05, 0.1) is 12.1 Å². The molecule has 2 unspecified atom stereocenters. The highest BCUT2D eigenvalue weighted by Crippen LogP contribution is 2.09. The van der Waals surface area contributed by atoms with Crippen LogP contribution in [-0.4, -0.2) is 29.7 Å². The molecule has 1 heterocycles. The van der Waals surface area contributed by atoms with Gasteiger partial charge in [-0.2, -0.15) is 0 Å². The summed E-state index contributed by atoms with van der Waals surface area (Å²) < 4.78 is 25.8. The predicted octanol–water partition coefficient (Wildman–Crippen LogP) is 0.304. The molecule has 0 bridgehead atoms. The Labute approximate surface area is 103 Å². The minimum absolute atomic E-state index is 0.0573. The van der Waals surface area contributed by atoms with Crippen molar-refractivity contribution in [1.82, 2.24) is 10.6 Å². The molecule has 0 saturated carbocycles. The van der Waals surface area contributed by atoms with Crippen molar-refractivity contribution in [2.75, 3.05) is 6.54 Å². The summed E-state index contributed by atoms with van der Waals surface area (Å²) in [7, 11) is 0. The normalized spacial score (nSPS) is 23.1. The van der Waals surface area contributed by atoms with Crippen LogP contribution < -0.4 is 10.6 Å². The van der Waals surface area contributed by atoms with Crippen molar-refractivity contribution in [1.29, 1.82) is 0 Å². The number of carbonyl (C=O) groups excluding carboxylic acids is 1. The minimum atomic E-state index is -0.673. The quantitative estimate of drug-likeness (QED) is 0.729. The van der Waals surface area contributed by atoms with E-state index in [4.69, 9.17) is 0 Å². The number of aliphatic hydroxyl groups is 1. The number of amides is 1. The van der Waals surface area contributed by atoms with Crippen molar-refractivity contribution >= 4 is 5.91 Å². The number of carbonyl (C=O) groups is 1. The van der Waals surface area contributed by atoms with Gasteiger partial charge in [0, 0.05) is 19.2 Å². The van der Waals surface area contributed by atoms with Crippen LogP contribution in [0.1, 0.15) is 12.0 Å². The molecule has 1 amide bonds. The summed E-state index contributed by atoms with van der Waals surface area (Å²) >= 11 is 0. The smallest absolute Gasteiger partial charge is 0.237 e. The molecule has 4 nitrogen and oxygen atoms in total. The largest absolute Gasteiger partial charge is 0.392 e. The summed E-state index contributed by atoms with van der Waals surface area (Å²) in [5, 5.41) is 14.7. The summed E-state index contributed by atoms with van der Waals surface area (Å²) in [5.74, 6) is -1.63. The van der Waals surface area contributed by atoms with Crippen LogP contribution in [0.3, 0.4) is 0 Å². The van der Waals surface area contributed by atoms with Crippen LogP contribution in [0.15, 0.2) is 18.2 Å². The van der Waals surface area contributed by atoms with Gasteiger partial charge in [-0.25, -0.2) is 8.78 Å². The number of halogens is 2. The molecule has 1 saturated heterocycles. The second kappa shape index (κ2) is 5.41. The topological polar surface area (TPSA) is 61.4 Å². The molecular formula is C12H14F2N2O2. The second-order valence-corrected chi connectivity index (χ2v) is 4.35. The SMILES string of the molecule is O=C(NCc1cc(F)cc(F)c1)C1CC(O)CN1. The van der Waals surface area contributed by atoms with E-state index in [2.05, 4.69) is 10.6 Å². The zero-order chi connectivity index (χ0) is 13.1. The molecule has 2 atom stereocenters. The Hall–Kier alpha value is -1.53. The molecule has 1 aliphatic rings. The third-order valence-electron chi connectivity index (χ3n) is 2.81. The molecule has 1 aliphatic heterocycles. The average molecular weight is 256 g/mol. The summed E-state index contributed by atoms with van der Waals surface area (Å²) in [5.41, 5.74) is 0.361. The van der Waals surface area contributed by atoms with Crippen LogP contribution in [0.2, 0.25) is 0 Å². The maximum Gasteiger partial charge on any atom is 0.237 e. The van der Waals surface area contributed by atoms with Gasteiger partial charge in [0.2, 0.25) is 5.91 Å². The Morgan fingerprint density at radius 1 is 1.39 bits per heavy atom. The van der Waals surface area contributed by atoms with E-state index >= 15 is 0 Å². The zero-order valence-corrected chi connectivity index (χ0v) is 9.62. The van der Waals surface area contributed by atoms with Crippen LogP contribution in [0.25, 0.3) is 0 Å². The lowest BCUT2D eigenvalue weighted by molar-refractivity contribution is -0.123. The fourth-order valence-corrected chi connectivity index (χ4v) is 1.94. The van der Waals surface area contributed by atoms with Gasteiger partial charge >= 0.3 is 0 Å². The molecular weight excluding hydrogens is 242 g/mol. The third-order valence-corrected chi connectivity index (χ3v) is 2.81. The van der Waals surface area contributed by atoms with Crippen molar-refractivity contribution in [2.24, 2.45) is 0 Å². The second-order valence-electron chi connectivity index (χ2n) is 4.35. The molecule has 1 aromatic carbocycles. The number of benzene rings is 1. The lowest BCUT2D eigenvalue weighted by atomic mass is 10.1. The number of rotatable bonds is 3. The van der Waals surface area contributed by atoms with Gasteiger partial charge in [0.15, 0.2) is 0 Å². The van der Waals surface area contributed by atoms with Crippen LogP contribution in [0.5, 0.6) is 0 Å². The Bertz CT molecular complexity index is 433. The number of hydrogen-bond acceptors (Lipinski definition) is 3. The Morgan fingerprint density at radius 2 is 2.06 bits per heavy atom. The lowest BCUT2D eigenvalue weighted by Crippen LogP contribution is -2.40. The van der Waals surface area contributed by atoms with E-state index in [0.717, 1.165) is 6.07 Å². The molecule has 1 fully saturated rings. The average Bonchev–Trinajstić information content (AvgIpc) is 2.71. The van der Waals surface area contributed by atoms with Gasteiger partial charge in [-0.15, -0.1) is 0 Å². The highest BCUT2D eigenvalue weighted by atomic mass is 19.1. The molecule has 0 aliphatic carbocycles. The first-order valence-electron chi connectivity index (χ1n) is 5.69. The van der Waals surface area contributed by atoms with E-state index in [1.807, 2.05) is 0 Å². The van der Waals surface area contributed by atoms with Crippen molar-refractivity contribution in [3.8, 4) is 0 Å². The zero-order valence-electron chi connectivity index (χ0n) is 9.62. The van der Waals surface area contributed by atoms with Crippen LogP contribution in [0, 0.1) is 11.6 Å². The van der Waals surface area contributed by atoms with E-state index in [1.54, 1.807) is 0 Å². The number of nitrogens with one attached hydrogen (secondary N) is 2. The third kappa shape index (κ3) is 3.24. The van der Waals surface area contributed by atoms with E-state index in [0.29, 0.717) is 18.5 Å². The van der Waals surface area contributed by atoms with Crippen molar-refractivity contribution in [2.45, 2.75) is 25.1 Å². The maximum atomic E-state index is 12.9. The van der Waals surface area contributed by atoms with E-state index in [9.17, 15) is 18.7 Å². The monoisotopic (exact) mass is 256 g/mol. The molecule has 3 N–H and O–H groups in total. The predicted molar refractivity (Wildman–Crippen MR) is 60.6 cm³/mol. The molecule has 6 heteroatoms. The maximum absolute atomic E-state index is 12.9.